The van der Waals surface area contributed by atoms with Crippen molar-refractivity contribution in [3.05, 3.63) is 50.9 Å². The van der Waals surface area contributed by atoms with Crippen molar-refractivity contribution in [3.63, 3.8) is 0 Å². The van der Waals surface area contributed by atoms with Gasteiger partial charge in [-0.05, 0) is 47.1 Å². The van der Waals surface area contributed by atoms with E-state index in [9.17, 15) is 0 Å². The maximum atomic E-state index is 4.33. The van der Waals surface area contributed by atoms with Crippen LogP contribution in [0, 0.1) is 0 Å². The molecule has 2 heterocycles. The average molecular weight is 297 g/mol. The van der Waals surface area contributed by atoms with E-state index in [-0.39, 0.29) is 6.04 Å². The molecule has 2 aromatic heterocycles. The van der Waals surface area contributed by atoms with Gasteiger partial charge in [-0.1, -0.05) is 6.07 Å². The standard InChI is InChI=1S/C12H13BrN2S/c1-9(11-4-2-3-7-14-11)15-8-10-5-6-12(13)16-10/h2-7,9,15H,8H2,1H3/t9-/m1/s1. The van der Waals surface area contributed by atoms with Crippen molar-refractivity contribution in [2.75, 3.05) is 0 Å². The summed E-state index contributed by atoms with van der Waals surface area (Å²) in [7, 11) is 0. The summed E-state index contributed by atoms with van der Waals surface area (Å²) in [5.74, 6) is 0. The van der Waals surface area contributed by atoms with E-state index in [1.165, 1.54) is 8.66 Å². The minimum absolute atomic E-state index is 0.280. The summed E-state index contributed by atoms with van der Waals surface area (Å²) >= 11 is 5.22. The molecule has 2 rings (SSSR count). The Morgan fingerprint density at radius 2 is 2.25 bits per heavy atom. The van der Waals surface area contributed by atoms with Crippen LogP contribution in [0.4, 0.5) is 0 Å². The van der Waals surface area contributed by atoms with Crippen LogP contribution < -0.4 is 5.32 Å². The monoisotopic (exact) mass is 296 g/mol. The van der Waals surface area contributed by atoms with E-state index in [0.717, 1.165) is 12.2 Å². The van der Waals surface area contributed by atoms with Gasteiger partial charge in [-0.3, -0.25) is 4.98 Å². The van der Waals surface area contributed by atoms with Gasteiger partial charge in [0.05, 0.1) is 9.48 Å². The summed E-state index contributed by atoms with van der Waals surface area (Å²) in [5.41, 5.74) is 1.08. The first-order valence-electron chi connectivity index (χ1n) is 5.14. The maximum Gasteiger partial charge on any atom is 0.0701 e. The fourth-order valence-electron chi connectivity index (χ4n) is 1.44. The summed E-state index contributed by atoms with van der Waals surface area (Å²) in [6.45, 7) is 3.01. The van der Waals surface area contributed by atoms with Crippen LogP contribution in [0.5, 0.6) is 0 Å². The van der Waals surface area contributed by atoms with Gasteiger partial charge < -0.3 is 5.32 Å². The number of halogens is 1. The van der Waals surface area contributed by atoms with Crippen LogP contribution in [0.25, 0.3) is 0 Å². The zero-order valence-electron chi connectivity index (χ0n) is 8.98. The zero-order chi connectivity index (χ0) is 11.4. The van der Waals surface area contributed by atoms with E-state index >= 15 is 0 Å². The number of rotatable bonds is 4. The number of pyridine rings is 1. The molecule has 0 saturated carbocycles. The van der Waals surface area contributed by atoms with Crippen LogP contribution in [-0.2, 0) is 6.54 Å². The molecule has 0 spiro atoms. The van der Waals surface area contributed by atoms with Crippen LogP contribution in [0.1, 0.15) is 23.5 Å². The van der Waals surface area contributed by atoms with Crippen molar-refractivity contribution in [2.45, 2.75) is 19.5 Å². The highest BCUT2D eigenvalue weighted by Crippen LogP contribution is 2.22. The first kappa shape index (κ1) is 11.8. The van der Waals surface area contributed by atoms with Crippen molar-refractivity contribution < 1.29 is 0 Å². The van der Waals surface area contributed by atoms with Gasteiger partial charge in [0.15, 0.2) is 0 Å². The molecule has 0 fully saturated rings. The predicted molar refractivity (Wildman–Crippen MR) is 71.5 cm³/mol. The van der Waals surface area contributed by atoms with Crippen molar-refractivity contribution in [1.29, 1.82) is 0 Å². The summed E-state index contributed by atoms with van der Waals surface area (Å²) in [6.07, 6.45) is 1.83. The van der Waals surface area contributed by atoms with Gasteiger partial charge in [0.25, 0.3) is 0 Å². The number of hydrogen-bond donors (Lipinski definition) is 1. The van der Waals surface area contributed by atoms with Crippen LogP contribution >= 0.6 is 27.3 Å². The maximum absolute atomic E-state index is 4.33. The van der Waals surface area contributed by atoms with Crippen molar-refractivity contribution >= 4 is 27.3 Å². The molecule has 0 aliphatic carbocycles. The van der Waals surface area contributed by atoms with E-state index in [0.29, 0.717) is 0 Å². The fraction of sp³-hybridized carbons (Fsp3) is 0.250. The third-order valence-electron chi connectivity index (χ3n) is 2.34. The molecule has 2 aromatic rings. The summed E-state index contributed by atoms with van der Waals surface area (Å²) in [4.78, 5) is 5.66. The van der Waals surface area contributed by atoms with E-state index in [1.807, 2.05) is 24.4 Å². The Hall–Kier alpha value is -0.710. The molecular formula is C12H13BrN2S. The highest BCUT2D eigenvalue weighted by atomic mass is 79.9. The molecule has 0 unspecified atom stereocenters. The summed E-state index contributed by atoms with van der Waals surface area (Å²) < 4.78 is 1.18. The number of nitrogens with zero attached hydrogens (tertiary/aromatic N) is 1. The molecule has 1 N–H and O–H groups in total. The third kappa shape index (κ3) is 3.14. The van der Waals surface area contributed by atoms with Gasteiger partial charge in [0.1, 0.15) is 0 Å². The molecule has 0 aliphatic rings. The number of thiophene rings is 1. The second-order valence-corrected chi connectivity index (χ2v) is 6.11. The van der Waals surface area contributed by atoms with Gasteiger partial charge in [-0.15, -0.1) is 11.3 Å². The lowest BCUT2D eigenvalue weighted by Crippen LogP contribution is -2.18. The number of aromatic nitrogens is 1. The highest BCUT2D eigenvalue weighted by Gasteiger charge is 2.05. The van der Waals surface area contributed by atoms with Crippen LogP contribution in [0.3, 0.4) is 0 Å². The molecule has 0 saturated heterocycles. The fourth-order valence-corrected chi connectivity index (χ4v) is 2.87. The van der Waals surface area contributed by atoms with Crippen molar-refractivity contribution in [2.24, 2.45) is 0 Å². The summed E-state index contributed by atoms with van der Waals surface area (Å²) in [5, 5.41) is 3.46. The van der Waals surface area contributed by atoms with Gasteiger partial charge in [0.2, 0.25) is 0 Å². The first-order chi connectivity index (χ1) is 7.75. The van der Waals surface area contributed by atoms with Crippen molar-refractivity contribution in [3.8, 4) is 0 Å². The third-order valence-corrected chi connectivity index (χ3v) is 3.97. The van der Waals surface area contributed by atoms with Crippen LogP contribution in [-0.4, -0.2) is 4.98 Å². The Bertz CT molecular complexity index is 441. The second kappa shape index (κ2) is 5.57. The van der Waals surface area contributed by atoms with E-state index in [2.05, 4.69) is 45.3 Å². The number of nitrogens with one attached hydrogen (secondary N) is 1. The SMILES string of the molecule is C[C@@H](NCc1ccc(Br)s1)c1ccccn1. The van der Waals surface area contributed by atoms with E-state index in [4.69, 9.17) is 0 Å². The lowest BCUT2D eigenvalue weighted by atomic mass is 10.2. The second-order valence-electron chi connectivity index (χ2n) is 3.56. The van der Waals surface area contributed by atoms with Crippen molar-refractivity contribution in [1.82, 2.24) is 10.3 Å². The molecule has 84 valence electrons. The molecule has 0 aromatic carbocycles. The normalized spacial score (nSPS) is 12.6. The topological polar surface area (TPSA) is 24.9 Å². The Labute approximate surface area is 108 Å². The van der Waals surface area contributed by atoms with Gasteiger partial charge in [0, 0.05) is 23.7 Å². The van der Waals surface area contributed by atoms with Crippen LogP contribution in [0.15, 0.2) is 40.3 Å². The lowest BCUT2D eigenvalue weighted by Gasteiger charge is -2.11. The van der Waals surface area contributed by atoms with E-state index in [1.54, 1.807) is 11.3 Å². The number of hydrogen-bond acceptors (Lipinski definition) is 3. The van der Waals surface area contributed by atoms with Gasteiger partial charge in [-0.2, -0.15) is 0 Å². The average Bonchev–Trinajstić information content (AvgIpc) is 2.73. The predicted octanol–water partition coefficient (Wildman–Crippen LogP) is 3.76. The molecule has 2 nitrogen and oxygen atoms in total. The quantitative estimate of drug-likeness (QED) is 0.929. The highest BCUT2D eigenvalue weighted by molar-refractivity contribution is 9.11. The first-order valence-corrected chi connectivity index (χ1v) is 6.75. The van der Waals surface area contributed by atoms with Gasteiger partial charge >= 0.3 is 0 Å². The van der Waals surface area contributed by atoms with E-state index < -0.39 is 0 Å². The molecular weight excluding hydrogens is 284 g/mol. The molecule has 1 atom stereocenters. The Morgan fingerprint density at radius 3 is 2.88 bits per heavy atom. The Kier molecular flexibility index (Phi) is 4.09. The van der Waals surface area contributed by atoms with Gasteiger partial charge in [-0.25, -0.2) is 0 Å². The Morgan fingerprint density at radius 1 is 1.38 bits per heavy atom. The summed E-state index contributed by atoms with van der Waals surface area (Å²) in [6, 6.07) is 10.5. The molecule has 16 heavy (non-hydrogen) atoms. The molecule has 0 bridgehead atoms. The lowest BCUT2D eigenvalue weighted by molar-refractivity contribution is 0.565. The molecule has 0 radical (unpaired) electrons. The van der Waals surface area contributed by atoms with Crippen LogP contribution in [0.2, 0.25) is 0 Å². The molecule has 0 aliphatic heterocycles. The zero-order valence-corrected chi connectivity index (χ0v) is 11.4. The largest absolute Gasteiger partial charge is 0.304 e. The molecule has 4 heteroatoms. The molecule has 0 amide bonds. The smallest absolute Gasteiger partial charge is 0.0701 e. The Balaban J connectivity index is 1.91. The minimum Gasteiger partial charge on any atom is -0.304 e. The minimum atomic E-state index is 0.280.